The third kappa shape index (κ3) is 3.47. The van der Waals surface area contributed by atoms with Crippen LogP contribution in [0.2, 0.25) is 0 Å². The van der Waals surface area contributed by atoms with Crippen molar-refractivity contribution in [1.82, 2.24) is 5.32 Å². The second kappa shape index (κ2) is 5.70. The van der Waals surface area contributed by atoms with E-state index in [4.69, 9.17) is 10.00 Å². The molecule has 1 aromatic carbocycles. The van der Waals surface area contributed by atoms with E-state index in [0.717, 1.165) is 24.6 Å². The van der Waals surface area contributed by atoms with Crippen LogP contribution < -0.4 is 10.1 Å². The molecule has 0 saturated heterocycles. The Morgan fingerprint density at radius 1 is 1.47 bits per heavy atom. The monoisotopic (exact) mass is 230 g/mol. The molecule has 1 aliphatic carbocycles. The number of ether oxygens (including phenoxy) is 1. The third-order valence-corrected chi connectivity index (χ3v) is 3.14. The van der Waals surface area contributed by atoms with Gasteiger partial charge in [0.1, 0.15) is 11.8 Å². The molecule has 0 amide bonds. The van der Waals surface area contributed by atoms with Gasteiger partial charge in [-0.05, 0) is 36.6 Å². The Bertz CT molecular complexity index is 419. The van der Waals surface area contributed by atoms with Crippen molar-refractivity contribution in [1.29, 1.82) is 5.26 Å². The van der Waals surface area contributed by atoms with Crippen LogP contribution in [0.5, 0.6) is 5.75 Å². The Balaban J connectivity index is 1.85. The zero-order valence-electron chi connectivity index (χ0n) is 10.2. The highest BCUT2D eigenvalue weighted by Gasteiger charge is 2.19. The molecule has 90 valence electrons. The fourth-order valence-corrected chi connectivity index (χ4v) is 1.88. The molecule has 0 heterocycles. The molecule has 1 aliphatic rings. The summed E-state index contributed by atoms with van der Waals surface area (Å²) in [5.41, 5.74) is 1.76. The number of methoxy groups -OCH3 is 1. The summed E-state index contributed by atoms with van der Waals surface area (Å²) in [7, 11) is 1.60. The third-order valence-electron chi connectivity index (χ3n) is 3.14. The molecule has 3 heteroatoms. The Labute approximate surface area is 102 Å². The number of nitrogens with zero attached hydrogens (tertiary/aromatic N) is 1. The van der Waals surface area contributed by atoms with Crippen molar-refractivity contribution in [2.24, 2.45) is 5.92 Å². The van der Waals surface area contributed by atoms with Gasteiger partial charge >= 0.3 is 0 Å². The molecule has 1 saturated carbocycles. The van der Waals surface area contributed by atoms with Crippen molar-refractivity contribution >= 4 is 0 Å². The molecule has 17 heavy (non-hydrogen) atoms. The molecule has 2 rings (SSSR count). The Hall–Kier alpha value is -1.53. The summed E-state index contributed by atoms with van der Waals surface area (Å²) in [5.74, 6) is 1.63. The van der Waals surface area contributed by atoms with Crippen LogP contribution in [0.15, 0.2) is 18.2 Å². The number of hydrogen-bond acceptors (Lipinski definition) is 3. The van der Waals surface area contributed by atoms with E-state index in [1.807, 2.05) is 18.2 Å². The quantitative estimate of drug-likeness (QED) is 0.763. The van der Waals surface area contributed by atoms with Crippen LogP contribution in [0.4, 0.5) is 0 Å². The average Bonchev–Trinajstić information content (AvgIpc) is 3.18. The van der Waals surface area contributed by atoms with Crippen molar-refractivity contribution in [3.63, 3.8) is 0 Å². The number of benzene rings is 1. The van der Waals surface area contributed by atoms with E-state index in [2.05, 4.69) is 11.4 Å². The average molecular weight is 230 g/mol. The van der Waals surface area contributed by atoms with Gasteiger partial charge in [0.15, 0.2) is 0 Å². The molecule has 0 spiro atoms. The number of nitriles is 1. The molecular formula is C14H18N2O. The largest absolute Gasteiger partial charge is 0.495 e. The molecule has 0 aliphatic heterocycles. The fourth-order valence-electron chi connectivity index (χ4n) is 1.88. The fraction of sp³-hybridized carbons (Fsp3) is 0.500. The van der Waals surface area contributed by atoms with Gasteiger partial charge in [-0.1, -0.05) is 18.9 Å². The van der Waals surface area contributed by atoms with Crippen molar-refractivity contribution in [3.8, 4) is 11.8 Å². The minimum absolute atomic E-state index is 0.592. The second-order valence-electron chi connectivity index (χ2n) is 4.56. The summed E-state index contributed by atoms with van der Waals surface area (Å²) in [6.45, 7) is 1.92. The van der Waals surface area contributed by atoms with Gasteiger partial charge in [-0.15, -0.1) is 0 Å². The first-order valence-electron chi connectivity index (χ1n) is 6.11. The minimum atomic E-state index is 0.592. The maximum Gasteiger partial charge on any atom is 0.136 e. The lowest BCUT2D eigenvalue weighted by Crippen LogP contribution is -2.15. The van der Waals surface area contributed by atoms with Crippen LogP contribution in [0.25, 0.3) is 0 Å². The van der Waals surface area contributed by atoms with Gasteiger partial charge in [-0.25, -0.2) is 0 Å². The summed E-state index contributed by atoms with van der Waals surface area (Å²) in [6, 6.07) is 7.85. The molecule has 0 unspecified atom stereocenters. The molecule has 1 fully saturated rings. The highest BCUT2D eigenvalue weighted by atomic mass is 16.5. The summed E-state index contributed by atoms with van der Waals surface area (Å²) < 4.78 is 5.18. The second-order valence-corrected chi connectivity index (χ2v) is 4.56. The Morgan fingerprint density at radius 2 is 2.29 bits per heavy atom. The van der Waals surface area contributed by atoms with E-state index < -0.39 is 0 Å². The van der Waals surface area contributed by atoms with Gasteiger partial charge in [0.05, 0.1) is 12.7 Å². The normalized spacial score (nSPS) is 14.4. The van der Waals surface area contributed by atoms with Gasteiger partial charge < -0.3 is 10.1 Å². The number of hydrogen-bond donors (Lipinski definition) is 1. The van der Waals surface area contributed by atoms with Gasteiger partial charge in [-0.3, -0.25) is 0 Å². The zero-order valence-corrected chi connectivity index (χ0v) is 10.2. The molecule has 0 radical (unpaired) electrons. The van der Waals surface area contributed by atoms with E-state index in [-0.39, 0.29) is 0 Å². The Morgan fingerprint density at radius 3 is 2.94 bits per heavy atom. The first-order valence-corrected chi connectivity index (χ1v) is 6.11. The van der Waals surface area contributed by atoms with Gasteiger partial charge in [-0.2, -0.15) is 5.26 Å². The van der Waals surface area contributed by atoms with Gasteiger partial charge in [0.2, 0.25) is 0 Å². The van der Waals surface area contributed by atoms with Crippen LogP contribution in [-0.2, 0) is 6.54 Å². The van der Waals surface area contributed by atoms with Crippen molar-refractivity contribution in [2.75, 3.05) is 13.7 Å². The lowest BCUT2D eigenvalue weighted by atomic mass is 10.1. The summed E-state index contributed by atoms with van der Waals surface area (Å²) in [4.78, 5) is 0. The highest BCUT2D eigenvalue weighted by Crippen LogP contribution is 2.31. The van der Waals surface area contributed by atoms with E-state index in [1.165, 1.54) is 19.3 Å². The first-order chi connectivity index (χ1) is 8.33. The topological polar surface area (TPSA) is 45.0 Å². The predicted octanol–water partition coefficient (Wildman–Crippen LogP) is 2.46. The highest BCUT2D eigenvalue weighted by molar-refractivity contribution is 5.45. The van der Waals surface area contributed by atoms with Crippen LogP contribution in [-0.4, -0.2) is 13.7 Å². The maximum absolute atomic E-state index is 8.88. The van der Waals surface area contributed by atoms with E-state index in [0.29, 0.717) is 11.3 Å². The Kier molecular flexibility index (Phi) is 4.00. The van der Waals surface area contributed by atoms with Crippen molar-refractivity contribution in [2.45, 2.75) is 25.8 Å². The van der Waals surface area contributed by atoms with Crippen molar-refractivity contribution in [3.05, 3.63) is 29.3 Å². The molecule has 0 bridgehead atoms. The lowest BCUT2D eigenvalue weighted by Gasteiger charge is -2.07. The minimum Gasteiger partial charge on any atom is -0.495 e. The number of nitrogens with one attached hydrogen (secondary N) is 1. The smallest absolute Gasteiger partial charge is 0.136 e. The molecule has 1 aromatic rings. The molecule has 0 aromatic heterocycles. The van der Waals surface area contributed by atoms with E-state index in [1.54, 1.807) is 7.11 Å². The van der Waals surface area contributed by atoms with Crippen molar-refractivity contribution < 1.29 is 4.74 Å². The van der Waals surface area contributed by atoms with Gasteiger partial charge in [0, 0.05) is 6.54 Å². The SMILES string of the molecule is COc1cc(CNCCC2CC2)ccc1C#N. The first kappa shape index (κ1) is 11.9. The van der Waals surface area contributed by atoms with E-state index >= 15 is 0 Å². The molecule has 3 nitrogen and oxygen atoms in total. The zero-order chi connectivity index (χ0) is 12.1. The van der Waals surface area contributed by atoms with Gasteiger partial charge in [0.25, 0.3) is 0 Å². The summed E-state index contributed by atoms with van der Waals surface area (Å²) in [6.07, 6.45) is 4.10. The van der Waals surface area contributed by atoms with Crippen LogP contribution in [0.1, 0.15) is 30.4 Å². The number of rotatable bonds is 6. The van der Waals surface area contributed by atoms with Crippen LogP contribution in [0, 0.1) is 17.2 Å². The molecule has 0 atom stereocenters. The van der Waals surface area contributed by atoms with E-state index in [9.17, 15) is 0 Å². The molecular weight excluding hydrogens is 212 g/mol. The maximum atomic E-state index is 8.88. The predicted molar refractivity (Wildman–Crippen MR) is 66.8 cm³/mol. The summed E-state index contributed by atoms with van der Waals surface area (Å²) >= 11 is 0. The van der Waals surface area contributed by atoms with Crippen LogP contribution >= 0.6 is 0 Å². The molecule has 1 N–H and O–H groups in total. The van der Waals surface area contributed by atoms with Crippen LogP contribution in [0.3, 0.4) is 0 Å². The lowest BCUT2D eigenvalue weighted by molar-refractivity contribution is 0.412. The summed E-state index contributed by atoms with van der Waals surface area (Å²) in [5, 5.41) is 12.3. The standard InChI is InChI=1S/C14H18N2O/c1-17-14-8-12(4-5-13(14)9-15)10-16-7-6-11-2-3-11/h4-5,8,11,16H,2-3,6-7,10H2,1H3.